The van der Waals surface area contributed by atoms with Crippen LogP contribution in [0, 0.1) is 5.82 Å². The van der Waals surface area contributed by atoms with Gasteiger partial charge in [-0.15, -0.1) is 0 Å². The van der Waals surface area contributed by atoms with E-state index >= 15 is 0 Å². The van der Waals surface area contributed by atoms with Gasteiger partial charge in [0, 0.05) is 18.2 Å². The van der Waals surface area contributed by atoms with Gasteiger partial charge < -0.3 is 4.90 Å². The number of nitrogens with one attached hydrogen (secondary N) is 1. The number of benzene rings is 1. The average Bonchev–Trinajstić information content (AvgIpc) is 3.14. The number of aromatic amines is 1. The maximum atomic E-state index is 13.5. The number of halogens is 1. The van der Waals surface area contributed by atoms with Gasteiger partial charge in [0.1, 0.15) is 5.82 Å². The number of amides is 1. The molecule has 2 heterocycles. The number of sulfone groups is 1. The van der Waals surface area contributed by atoms with Crippen molar-refractivity contribution < 1.29 is 17.6 Å². The van der Waals surface area contributed by atoms with Crippen molar-refractivity contribution in [3.63, 3.8) is 0 Å². The fourth-order valence-corrected chi connectivity index (χ4v) is 4.79. The highest BCUT2D eigenvalue weighted by Crippen LogP contribution is 2.25. The Morgan fingerprint density at radius 1 is 1.46 bits per heavy atom. The van der Waals surface area contributed by atoms with Crippen molar-refractivity contribution in [3.8, 4) is 11.3 Å². The minimum absolute atomic E-state index is 0.0142. The molecule has 128 valence electrons. The molecule has 1 saturated heterocycles. The number of carbonyl (C=O) groups is 1. The summed E-state index contributed by atoms with van der Waals surface area (Å²) in [4.78, 5) is 14.4. The summed E-state index contributed by atoms with van der Waals surface area (Å²) in [5.41, 5.74) is 1.26. The molecule has 1 atom stereocenters. The highest BCUT2D eigenvalue weighted by molar-refractivity contribution is 7.91. The van der Waals surface area contributed by atoms with Crippen molar-refractivity contribution in [1.82, 2.24) is 15.1 Å². The van der Waals surface area contributed by atoms with E-state index in [2.05, 4.69) is 10.2 Å². The largest absolute Gasteiger partial charge is 0.335 e. The molecule has 0 spiro atoms. The van der Waals surface area contributed by atoms with E-state index in [0.717, 1.165) is 0 Å². The molecule has 0 unspecified atom stereocenters. The monoisotopic (exact) mass is 351 g/mol. The standard InChI is InChI=1S/C16H18FN3O3S/c1-2-20(13-6-7-24(22,23)10-13)16(21)14-9-18-19-15(14)11-4-3-5-12(17)8-11/h3-5,8-9,13H,2,6-7,10H2,1H3,(H,18,19)/t13-/m1/s1. The highest BCUT2D eigenvalue weighted by atomic mass is 32.2. The van der Waals surface area contributed by atoms with Crippen LogP contribution in [0.4, 0.5) is 4.39 Å². The summed E-state index contributed by atoms with van der Waals surface area (Å²) in [6.45, 7) is 2.21. The van der Waals surface area contributed by atoms with Gasteiger partial charge in [0.25, 0.3) is 5.91 Å². The highest BCUT2D eigenvalue weighted by Gasteiger charge is 2.35. The number of hydrogen-bond donors (Lipinski definition) is 1. The van der Waals surface area contributed by atoms with E-state index in [0.29, 0.717) is 29.8 Å². The zero-order valence-corrected chi connectivity index (χ0v) is 14.0. The van der Waals surface area contributed by atoms with E-state index in [1.807, 2.05) is 6.92 Å². The van der Waals surface area contributed by atoms with Gasteiger partial charge in [-0.05, 0) is 25.5 Å². The van der Waals surface area contributed by atoms with Gasteiger partial charge in [-0.2, -0.15) is 5.10 Å². The van der Waals surface area contributed by atoms with Gasteiger partial charge in [0.15, 0.2) is 9.84 Å². The SMILES string of the molecule is CCN(C(=O)c1cn[nH]c1-c1cccc(F)c1)[C@@H]1CCS(=O)(=O)C1. The zero-order valence-electron chi connectivity index (χ0n) is 13.2. The van der Waals surface area contributed by atoms with E-state index in [4.69, 9.17) is 0 Å². The number of nitrogens with zero attached hydrogens (tertiary/aromatic N) is 2. The molecule has 1 aliphatic rings. The van der Waals surface area contributed by atoms with Gasteiger partial charge in [0.05, 0.1) is 29.0 Å². The quantitative estimate of drug-likeness (QED) is 0.911. The molecular weight excluding hydrogens is 333 g/mol. The third-order valence-electron chi connectivity index (χ3n) is 4.23. The van der Waals surface area contributed by atoms with Crippen LogP contribution in [-0.4, -0.2) is 53.5 Å². The van der Waals surface area contributed by atoms with Crippen molar-refractivity contribution in [2.24, 2.45) is 0 Å². The lowest BCUT2D eigenvalue weighted by Crippen LogP contribution is -2.41. The molecular formula is C16H18FN3O3S. The Kier molecular flexibility index (Phi) is 4.40. The van der Waals surface area contributed by atoms with Gasteiger partial charge in [0.2, 0.25) is 0 Å². The second-order valence-electron chi connectivity index (χ2n) is 5.82. The molecule has 1 N–H and O–H groups in total. The Hall–Kier alpha value is -2.22. The minimum Gasteiger partial charge on any atom is -0.335 e. The van der Waals surface area contributed by atoms with Crippen LogP contribution in [0.25, 0.3) is 11.3 Å². The first-order chi connectivity index (χ1) is 11.4. The predicted octanol–water partition coefficient (Wildman–Crippen LogP) is 1.86. The second kappa shape index (κ2) is 6.35. The normalized spacial score (nSPS) is 19.3. The third kappa shape index (κ3) is 3.19. The first-order valence-corrected chi connectivity index (χ1v) is 9.54. The molecule has 0 aliphatic carbocycles. The lowest BCUT2D eigenvalue weighted by atomic mass is 10.1. The van der Waals surface area contributed by atoms with Crippen molar-refractivity contribution in [2.75, 3.05) is 18.1 Å². The molecule has 8 heteroatoms. The maximum Gasteiger partial charge on any atom is 0.257 e. The summed E-state index contributed by atoms with van der Waals surface area (Å²) in [5.74, 6) is -0.620. The van der Waals surface area contributed by atoms with Crippen molar-refractivity contribution >= 4 is 15.7 Å². The van der Waals surface area contributed by atoms with Crippen LogP contribution in [0.2, 0.25) is 0 Å². The van der Waals surface area contributed by atoms with Crippen molar-refractivity contribution in [1.29, 1.82) is 0 Å². The third-order valence-corrected chi connectivity index (χ3v) is 5.98. The zero-order chi connectivity index (χ0) is 17.3. The van der Waals surface area contributed by atoms with Crippen LogP contribution < -0.4 is 0 Å². The molecule has 0 radical (unpaired) electrons. The van der Waals surface area contributed by atoms with Crippen LogP contribution in [0.5, 0.6) is 0 Å². The van der Waals surface area contributed by atoms with Crippen LogP contribution in [0.3, 0.4) is 0 Å². The molecule has 1 aromatic carbocycles. The fourth-order valence-electron chi connectivity index (χ4n) is 3.06. The molecule has 1 amide bonds. The number of hydrogen-bond acceptors (Lipinski definition) is 4. The Bertz CT molecular complexity index is 863. The van der Waals surface area contributed by atoms with Crippen molar-refractivity contribution in [2.45, 2.75) is 19.4 Å². The maximum absolute atomic E-state index is 13.5. The summed E-state index contributed by atoms with van der Waals surface area (Å²) >= 11 is 0. The van der Waals surface area contributed by atoms with Crippen LogP contribution >= 0.6 is 0 Å². The van der Waals surface area contributed by atoms with Crippen LogP contribution in [0.15, 0.2) is 30.5 Å². The summed E-state index contributed by atoms with van der Waals surface area (Å²) < 4.78 is 36.8. The molecule has 1 aromatic heterocycles. The number of H-pyrrole nitrogens is 1. The summed E-state index contributed by atoms with van der Waals surface area (Å²) in [7, 11) is -3.09. The first-order valence-electron chi connectivity index (χ1n) is 7.72. The molecule has 6 nitrogen and oxygen atoms in total. The van der Waals surface area contributed by atoms with Gasteiger partial charge in [-0.3, -0.25) is 9.89 Å². The fraction of sp³-hybridized carbons (Fsp3) is 0.375. The number of carbonyl (C=O) groups excluding carboxylic acids is 1. The molecule has 1 aliphatic heterocycles. The first kappa shape index (κ1) is 16.6. The molecule has 2 aromatic rings. The lowest BCUT2D eigenvalue weighted by molar-refractivity contribution is 0.0709. The summed E-state index contributed by atoms with van der Waals surface area (Å²) in [6.07, 6.45) is 1.84. The second-order valence-corrected chi connectivity index (χ2v) is 8.05. The van der Waals surface area contributed by atoms with Crippen LogP contribution in [0.1, 0.15) is 23.7 Å². The number of aromatic nitrogens is 2. The van der Waals surface area contributed by atoms with E-state index in [9.17, 15) is 17.6 Å². The Balaban J connectivity index is 1.92. The van der Waals surface area contributed by atoms with E-state index in [1.165, 1.54) is 18.3 Å². The lowest BCUT2D eigenvalue weighted by Gasteiger charge is -2.26. The van der Waals surface area contributed by atoms with Crippen molar-refractivity contribution in [3.05, 3.63) is 41.8 Å². The Morgan fingerprint density at radius 3 is 2.88 bits per heavy atom. The summed E-state index contributed by atoms with van der Waals surface area (Å²) in [6, 6.07) is 5.55. The molecule has 0 bridgehead atoms. The minimum atomic E-state index is -3.09. The van der Waals surface area contributed by atoms with E-state index in [-0.39, 0.29) is 23.5 Å². The van der Waals surface area contributed by atoms with E-state index in [1.54, 1.807) is 17.0 Å². The predicted molar refractivity (Wildman–Crippen MR) is 87.8 cm³/mol. The Labute approximate surface area is 139 Å². The molecule has 0 saturated carbocycles. The number of rotatable bonds is 4. The Morgan fingerprint density at radius 2 is 2.25 bits per heavy atom. The van der Waals surface area contributed by atoms with Crippen LogP contribution in [-0.2, 0) is 9.84 Å². The molecule has 1 fully saturated rings. The van der Waals surface area contributed by atoms with E-state index < -0.39 is 15.7 Å². The van der Waals surface area contributed by atoms with Gasteiger partial charge >= 0.3 is 0 Å². The molecule has 3 rings (SSSR count). The topological polar surface area (TPSA) is 83.1 Å². The van der Waals surface area contributed by atoms with Gasteiger partial charge in [-0.1, -0.05) is 12.1 Å². The average molecular weight is 351 g/mol. The molecule has 24 heavy (non-hydrogen) atoms. The van der Waals surface area contributed by atoms with Gasteiger partial charge in [-0.25, -0.2) is 12.8 Å². The summed E-state index contributed by atoms with van der Waals surface area (Å²) in [5, 5.41) is 6.64. The smallest absolute Gasteiger partial charge is 0.257 e.